The fourth-order valence-electron chi connectivity index (χ4n) is 3.56. The van der Waals surface area contributed by atoms with Gasteiger partial charge in [-0.05, 0) is 36.6 Å². The second kappa shape index (κ2) is 7.52. The SMILES string of the molecule is O=C(NC1(c2ccc(Br)cc2)CC1)c1cc([N+](=O)[O-])ccc1N1CCOCC1. The van der Waals surface area contributed by atoms with Crippen molar-refractivity contribution in [1.82, 2.24) is 5.32 Å². The Bertz CT molecular complexity index is 906. The number of nitrogens with one attached hydrogen (secondary N) is 1. The van der Waals surface area contributed by atoms with E-state index in [-0.39, 0.29) is 11.6 Å². The predicted octanol–water partition coefficient (Wildman–Crippen LogP) is 3.61. The van der Waals surface area contributed by atoms with E-state index in [1.807, 2.05) is 29.2 Å². The van der Waals surface area contributed by atoms with Gasteiger partial charge in [-0.1, -0.05) is 28.1 Å². The number of hydrogen-bond acceptors (Lipinski definition) is 5. The molecule has 146 valence electrons. The van der Waals surface area contributed by atoms with Crippen molar-refractivity contribution in [2.24, 2.45) is 0 Å². The second-order valence-corrected chi connectivity index (χ2v) is 8.02. The average molecular weight is 446 g/mol. The molecule has 1 N–H and O–H groups in total. The van der Waals surface area contributed by atoms with E-state index in [1.54, 1.807) is 6.07 Å². The highest BCUT2D eigenvalue weighted by Gasteiger charge is 2.46. The van der Waals surface area contributed by atoms with Crippen molar-refractivity contribution >= 4 is 33.2 Å². The van der Waals surface area contributed by atoms with Crippen LogP contribution in [0.3, 0.4) is 0 Å². The summed E-state index contributed by atoms with van der Waals surface area (Å²) in [7, 11) is 0. The first-order valence-electron chi connectivity index (χ1n) is 9.18. The fourth-order valence-corrected chi connectivity index (χ4v) is 3.83. The summed E-state index contributed by atoms with van der Waals surface area (Å²) in [5.41, 5.74) is 1.60. The summed E-state index contributed by atoms with van der Waals surface area (Å²) in [6.07, 6.45) is 1.70. The van der Waals surface area contributed by atoms with Crippen molar-refractivity contribution in [3.63, 3.8) is 0 Å². The van der Waals surface area contributed by atoms with Crippen LogP contribution >= 0.6 is 15.9 Å². The average Bonchev–Trinajstić information content (AvgIpc) is 3.49. The Morgan fingerprint density at radius 2 is 1.82 bits per heavy atom. The van der Waals surface area contributed by atoms with E-state index in [4.69, 9.17) is 4.74 Å². The summed E-state index contributed by atoms with van der Waals surface area (Å²) in [4.78, 5) is 26.0. The van der Waals surface area contributed by atoms with Crippen molar-refractivity contribution in [2.75, 3.05) is 31.2 Å². The van der Waals surface area contributed by atoms with Gasteiger partial charge < -0.3 is 15.0 Å². The maximum absolute atomic E-state index is 13.2. The van der Waals surface area contributed by atoms with Gasteiger partial charge in [-0.3, -0.25) is 14.9 Å². The summed E-state index contributed by atoms with van der Waals surface area (Å²) in [6, 6.07) is 12.4. The Labute approximate surface area is 171 Å². The van der Waals surface area contributed by atoms with Crippen LogP contribution in [0.4, 0.5) is 11.4 Å². The minimum atomic E-state index is -0.471. The van der Waals surface area contributed by atoms with E-state index in [1.165, 1.54) is 12.1 Å². The molecule has 1 aliphatic heterocycles. The van der Waals surface area contributed by atoms with Gasteiger partial charge in [-0.15, -0.1) is 0 Å². The zero-order valence-corrected chi connectivity index (χ0v) is 16.8. The van der Waals surface area contributed by atoms with Crippen LogP contribution in [0.15, 0.2) is 46.9 Å². The number of non-ortho nitro benzene ring substituents is 1. The van der Waals surface area contributed by atoms with Crippen LogP contribution in [0.1, 0.15) is 28.8 Å². The quantitative estimate of drug-likeness (QED) is 0.561. The van der Waals surface area contributed by atoms with Gasteiger partial charge in [0, 0.05) is 29.7 Å². The minimum Gasteiger partial charge on any atom is -0.378 e. The van der Waals surface area contributed by atoms with Crippen molar-refractivity contribution in [3.8, 4) is 0 Å². The Morgan fingerprint density at radius 3 is 2.43 bits per heavy atom. The molecule has 1 saturated heterocycles. The molecule has 0 unspecified atom stereocenters. The number of nitro benzene ring substituents is 1. The molecule has 1 heterocycles. The summed E-state index contributed by atoms with van der Waals surface area (Å²) in [6.45, 7) is 2.44. The molecule has 4 rings (SSSR count). The first kappa shape index (κ1) is 18.9. The molecule has 1 saturated carbocycles. The van der Waals surface area contributed by atoms with E-state index < -0.39 is 10.5 Å². The molecular weight excluding hydrogens is 426 g/mol. The molecule has 7 nitrogen and oxygen atoms in total. The first-order chi connectivity index (χ1) is 13.5. The van der Waals surface area contributed by atoms with Crippen molar-refractivity contribution in [2.45, 2.75) is 18.4 Å². The Balaban J connectivity index is 1.64. The van der Waals surface area contributed by atoms with Crippen molar-refractivity contribution in [1.29, 1.82) is 0 Å². The van der Waals surface area contributed by atoms with Gasteiger partial charge in [0.15, 0.2) is 0 Å². The highest BCUT2D eigenvalue weighted by molar-refractivity contribution is 9.10. The van der Waals surface area contributed by atoms with E-state index in [0.717, 1.165) is 22.9 Å². The zero-order valence-electron chi connectivity index (χ0n) is 15.2. The molecule has 8 heteroatoms. The summed E-state index contributed by atoms with van der Waals surface area (Å²) in [5.74, 6) is -0.286. The van der Waals surface area contributed by atoms with E-state index in [0.29, 0.717) is 37.6 Å². The Kier molecular flexibility index (Phi) is 5.07. The summed E-state index contributed by atoms with van der Waals surface area (Å²) in [5, 5.41) is 14.4. The standard InChI is InChI=1S/C20H20BrN3O4/c21-15-3-1-14(2-4-15)20(7-8-20)22-19(25)17-13-16(24(26)27)5-6-18(17)23-9-11-28-12-10-23/h1-6,13H,7-12H2,(H,22,25). The third-order valence-electron chi connectivity index (χ3n) is 5.29. The number of benzene rings is 2. The maximum Gasteiger partial charge on any atom is 0.270 e. The summed E-state index contributed by atoms with van der Waals surface area (Å²) >= 11 is 3.43. The van der Waals surface area contributed by atoms with Crippen LogP contribution < -0.4 is 10.2 Å². The number of halogens is 1. The lowest BCUT2D eigenvalue weighted by molar-refractivity contribution is -0.384. The molecule has 28 heavy (non-hydrogen) atoms. The van der Waals surface area contributed by atoms with Crippen LogP contribution in [0, 0.1) is 10.1 Å². The number of morpholine rings is 1. The molecule has 0 spiro atoms. The Hall–Kier alpha value is -2.45. The molecule has 2 fully saturated rings. The number of nitrogens with zero attached hydrogens (tertiary/aromatic N) is 2. The number of hydrogen-bond donors (Lipinski definition) is 1. The molecule has 0 bridgehead atoms. The van der Waals surface area contributed by atoms with Crippen LogP contribution in [0.25, 0.3) is 0 Å². The number of carbonyl (C=O) groups excluding carboxylic acids is 1. The van der Waals surface area contributed by atoms with Crippen LogP contribution in [0.2, 0.25) is 0 Å². The molecule has 1 aliphatic carbocycles. The molecule has 0 radical (unpaired) electrons. The number of nitro groups is 1. The normalized spacial score (nSPS) is 17.8. The topological polar surface area (TPSA) is 84.7 Å². The molecule has 2 aromatic carbocycles. The third-order valence-corrected chi connectivity index (χ3v) is 5.82. The van der Waals surface area contributed by atoms with Crippen LogP contribution in [0.5, 0.6) is 0 Å². The molecular formula is C20H20BrN3O4. The lowest BCUT2D eigenvalue weighted by Gasteiger charge is -2.30. The fraction of sp³-hybridized carbons (Fsp3) is 0.350. The van der Waals surface area contributed by atoms with E-state index >= 15 is 0 Å². The van der Waals surface area contributed by atoms with E-state index in [2.05, 4.69) is 21.2 Å². The van der Waals surface area contributed by atoms with Gasteiger partial charge in [-0.2, -0.15) is 0 Å². The second-order valence-electron chi connectivity index (χ2n) is 7.10. The Morgan fingerprint density at radius 1 is 1.14 bits per heavy atom. The monoisotopic (exact) mass is 445 g/mol. The molecule has 2 aromatic rings. The lowest BCUT2D eigenvalue weighted by atomic mass is 10.0. The minimum absolute atomic E-state index is 0.0874. The highest BCUT2D eigenvalue weighted by atomic mass is 79.9. The number of anilines is 1. The van der Waals surface area contributed by atoms with Gasteiger partial charge in [0.25, 0.3) is 11.6 Å². The van der Waals surface area contributed by atoms with Gasteiger partial charge in [0.2, 0.25) is 0 Å². The van der Waals surface area contributed by atoms with Crippen molar-refractivity contribution in [3.05, 3.63) is 68.2 Å². The number of ether oxygens (including phenoxy) is 1. The third kappa shape index (κ3) is 3.74. The van der Waals surface area contributed by atoms with Crippen molar-refractivity contribution < 1.29 is 14.5 Å². The number of amides is 1. The van der Waals surface area contributed by atoms with Gasteiger partial charge >= 0.3 is 0 Å². The van der Waals surface area contributed by atoms with Gasteiger partial charge in [0.1, 0.15) is 0 Å². The number of carbonyl (C=O) groups is 1. The number of rotatable bonds is 5. The molecule has 2 aliphatic rings. The summed E-state index contributed by atoms with van der Waals surface area (Å²) < 4.78 is 6.37. The molecule has 1 amide bonds. The van der Waals surface area contributed by atoms with Gasteiger partial charge in [0.05, 0.1) is 34.9 Å². The van der Waals surface area contributed by atoms with Crippen LogP contribution in [-0.2, 0) is 10.3 Å². The largest absolute Gasteiger partial charge is 0.378 e. The molecule has 0 aromatic heterocycles. The molecule has 0 atom stereocenters. The predicted molar refractivity (Wildman–Crippen MR) is 109 cm³/mol. The lowest BCUT2D eigenvalue weighted by Crippen LogP contribution is -2.39. The maximum atomic E-state index is 13.2. The van der Waals surface area contributed by atoms with E-state index in [9.17, 15) is 14.9 Å². The van der Waals surface area contributed by atoms with Gasteiger partial charge in [-0.25, -0.2) is 0 Å². The first-order valence-corrected chi connectivity index (χ1v) is 9.97. The zero-order chi connectivity index (χ0) is 19.7. The van der Waals surface area contributed by atoms with Crippen LogP contribution in [-0.4, -0.2) is 37.1 Å². The highest BCUT2D eigenvalue weighted by Crippen LogP contribution is 2.46. The smallest absolute Gasteiger partial charge is 0.270 e.